The highest BCUT2D eigenvalue weighted by molar-refractivity contribution is 5.85. The summed E-state index contributed by atoms with van der Waals surface area (Å²) in [5, 5.41) is 10.2. The van der Waals surface area contributed by atoms with Crippen LogP contribution < -0.4 is 0 Å². The van der Waals surface area contributed by atoms with E-state index >= 15 is 0 Å². The van der Waals surface area contributed by atoms with E-state index < -0.39 is 0 Å². The summed E-state index contributed by atoms with van der Waals surface area (Å²) in [5.74, 6) is 0. The van der Waals surface area contributed by atoms with Crippen LogP contribution >= 0.6 is 0 Å². The molecular weight excluding hydrogens is 260 g/mol. The van der Waals surface area contributed by atoms with E-state index in [0.29, 0.717) is 6.10 Å². The molecule has 1 aliphatic carbocycles. The van der Waals surface area contributed by atoms with Gasteiger partial charge in [0.1, 0.15) is 0 Å². The Hall–Kier alpha value is -1.79. The van der Waals surface area contributed by atoms with Gasteiger partial charge in [-0.2, -0.15) is 5.26 Å². The molecule has 3 heteroatoms. The van der Waals surface area contributed by atoms with Gasteiger partial charge in [-0.15, -0.1) is 0 Å². The lowest BCUT2D eigenvalue weighted by molar-refractivity contribution is -0.0414. The van der Waals surface area contributed by atoms with Crippen LogP contribution in [0.1, 0.15) is 44.1 Å². The first kappa shape index (κ1) is 12.9. The molecule has 0 bridgehead atoms. The summed E-state index contributed by atoms with van der Waals surface area (Å²) in [6.07, 6.45) is 9.94. The van der Waals surface area contributed by atoms with Crippen LogP contribution in [0.2, 0.25) is 0 Å². The Bertz CT molecular complexity index is 704. The van der Waals surface area contributed by atoms with Crippen LogP contribution in [0, 0.1) is 11.3 Å². The largest absolute Gasteiger partial charge is 0.370 e. The van der Waals surface area contributed by atoms with Crippen molar-refractivity contribution in [3.05, 3.63) is 36.0 Å². The number of nitriles is 1. The Balaban J connectivity index is 1.57. The highest BCUT2D eigenvalue weighted by atomic mass is 16.5. The van der Waals surface area contributed by atoms with Gasteiger partial charge in [-0.05, 0) is 43.9 Å². The predicted octanol–water partition coefficient (Wildman–Crippen LogP) is 4.00. The number of nitrogens with zero attached hydrogens (tertiary/aromatic N) is 2. The Morgan fingerprint density at radius 2 is 2.10 bits per heavy atom. The minimum atomic E-state index is 0.200. The van der Waals surface area contributed by atoms with Gasteiger partial charge < -0.3 is 9.30 Å². The summed E-state index contributed by atoms with van der Waals surface area (Å²) in [7, 11) is 0. The molecule has 1 spiro atoms. The maximum Gasteiger partial charge on any atom is 0.0998 e. The first-order valence-electron chi connectivity index (χ1n) is 7.95. The van der Waals surface area contributed by atoms with Gasteiger partial charge in [0.05, 0.1) is 23.3 Å². The van der Waals surface area contributed by atoms with Crippen LogP contribution in [-0.2, 0) is 11.3 Å². The van der Waals surface area contributed by atoms with Crippen molar-refractivity contribution < 1.29 is 4.74 Å². The van der Waals surface area contributed by atoms with Crippen molar-refractivity contribution in [2.75, 3.05) is 0 Å². The number of aromatic nitrogens is 1. The minimum absolute atomic E-state index is 0.200. The summed E-state index contributed by atoms with van der Waals surface area (Å²) >= 11 is 0. The fraction of sp³-hybridized carbons (Fsp3) is 0.500. The number of rotatable bonds is 2. The van der Waals surface area contributed by atoms with Crippen LogP contribution in [0.5, 0.6) is 0 Å². The molecule has 2 heterocycles. The molecule has 1 aromatic carbocycles. The molecule has 1 saturated heterocycles. The zero-order valence-electron chi connectivity index (χ0n) is 12.2. The number of hydrogen-bond acceptors (Lipinski definition) is 2. The number of hydrogen-bond donors (Lipinski definition) is 0. The van der Waals surface area contributed by atoms with Crippen LogP contribution in [0.25, 0.3) is 10.9 Å². The van der Waals surface area contributed by atoms with Gasteiger partial charge in [0.15, 0.2) is 0 Å². The predicted molar refractivity (Wildman–Crippen MR) is 82.0 cm³/mol. The second-order valence-corrected chi connectivity index (χ2v) is 6.49. The van der Waals surface area contributed by atoms with E-state index in [9.17, 15) is 5.26 Å². The first-order chi connectivity index (χ1) is 10.3. The molecule has 2 aliphatic rings. The lowest BCUT2D eigenvalue weighted by Gasteiger charge is -2.24. The number of fused-ring (bicyclic) bond motifs is 1. The van der Waals surface area contributed by atoms with Gasteiger partial charge in [-0.1, -0.05) is 18.9 Å². The molecule has 0 amide bonds. The minimum Gasteiger partial charge on any atom is -0.370 e. The second kappa shape index (κ2) is 4.89. The summed E-state index contributed by atoms with van der Waals surface area (Å²) in [5.41, 5.74) is 2.10. The van der Waals surface area contributed by atoms with Crippen molar-refractivity contribution in [2.45, 2.75) is 56.8 Å². The molecule has 2 fully saturated rings. The third-order valence-electron chi connectivity index (χ3n) is 5.19. The Labute approximate surface area is 125 Å². The Morgan fingerprint density at radius 3 is 2.90 bits per heavy atom. The average Bonchev–Trinajstić information content (AvgIpc) is 3.22. The van der Waals surface area contributed by atoms with E-state index in [1.807, 2.05) is 18.2 Å². The van der Waals surface area contributed by atoms with Crippen LogP contribution in [0.4, 0.5) is 0 Å². The van der Waals surface area contributed by atoms with Crippen molar-refractivity contribution >= 4 is 10.9 Å². The lowest BCUT2D eigenvalue weighted by atomic mass is 9.98. The van der Waals surface area contributed by atoms with Gasteiger partial charge in [0, 0.05) is 23.6 Å². The Kier molecular flexibility index (Phi) is 3.01. The summed E-state index contributed by atoms with van der Waals surface area (Å²) < 4.78 is 8.65. The van der Waals surface area contributed by atoms with Crippen molar-refractivity contribution in [1.29, 1.82) is 5.26 Å². The van der Waals surface area contributed by atoms with E-state index in [4.69, 9.17) is 4.74 Å². The third-order valence-corrected chi connectivity index (χ3v) is 5.19. The van der Waals surface area contributed by atoms with Crippen molar-refractivity contribution in [2.24, 2.45) is 0 Å². The van der Waals surface area contributed by atoms with Crippen molar-refractivity contribution in [3.8, 4) is 6.07 Å². The molecule has 1 aromatic heterocycles. The standard InChI is InChI=1S/C18H20N2O/c19-12-14-4-3-5-17-16(14)7-11-20(17)13-15-6-10-18(21-15)8-1-2-9-18/h3-5,7,11,15H,1-2,6,8-10,13H2. The number of benzene rings is 1. The maximum absolute atomic E-state index is 9.18. The molecular formula is C18H20N2O. The molecule has 4 rings (SSSR count). The highest BCUT2D eigenvalue weighted by Gasteiger charge is 2.42. The molecule has 1 saturated carbocycles. The van der Waals surface area contributed by atoms with Gasteiger partial charge in [0.2, 0.25) is 0 Å². The van der Waals surface area contributed by atoms with Crippen molar-refractivity contribution in [3.63, 3.8) is 0 Å². The fourth-order valence-corrected chi connectivity index (χ4v) is 4.11. The highest BCUT2D eigenvalue weighted by Crippen LogP contribution is 2.43. The van der Waals surface area contributed by atoms with E-state index in [2.05, 4.69) is 22.9 Å². The van der Waals surface area contributed by atoms with Gasteiger partial charge in [-0.25, -0.2) is 0 Å². The quantitative estimate of drug-likeness (QED) is 0.833. The monoisotopic (exact) mass is 280 g/mol. The maximum atomic E-state index is 9.18. The van der Waals surface area contributed by atoms with Crippen LogP contribution in [0.15, 0.2) is 30.5 Å². The van der Waals surface area contributed by atoms with Crippen LogP contribution in [-0.4, -0.2) is 16.3 Å². The van der Waals surface area contributed by atoms with Crippen molar-refractivity contribution in [1.82, 2.24) is 4.57 Å². The van der Waals surface area contributed by atoms with E-state index in [0.717, 1.165) is 29.4 Å². The first-order valence-corrected chi connectivity index (χ1v) is 7.95. The molecule has 1 aliphatic heterocycles. The normalized spacial score (nSPS) is 23.9. The van der Waals surface area contributed by atoms with E-state index in [1.54, 1.807) is 0 Å². The lowest BCUT2D eigenvalue weighted by Crippen LogP contribution is -2.26. The zero-order chi connectivity index (χ0) is 14.3. The van der Waals surface area contributed by atoms with Crippen LogP contribution in [0.3, 0.4) is 0 Å². The van der Waals surface area contributed by atoms with E-state index in [-0.39, 0.29) is 5.60 Å². The molecule has 21 heavy (non-hydrogen) atoms. The summed E-state index contributed by atoms with van der Waals surface area (Å²) in [4.78, 5) is 0. The summed E-state index contributed by atoms with van der Waals surface area (Å²) in [6, 6.07) is 10.3. The molecule has 3 nitrogen and oxygen atoms in total. The SMILES string of the molecule is N#Cc1cccc2c1ccn2CC1CCC2(CCCC2)O1. The second-order valence-electron chi connectivity index (χ2n) is 6.49. The molecule has 0 N–H and O–H groups in total. The molecule has 1 atom stereocenters. The fourth-order valence-electron chi connectivity index (χ4n) is 4.11. The topological polar surface area (TPSA) is 38.0 Å². The molecule has 108 valence electrons. The van der Waals surface area contributed by atoms with Gasteiger partial charge in [-0.3, -0.25) is 0 Å². The smallest absolute Gasteiger partial charge is 0.0998 e. The Morgan fingerprint density at radius 1 is 1.24 bits per heavy atom. The summed E-state index contributed by atoms with van der Waals surface area (Å²) in [6.45, 7) is 0.903. The van der Waals surface area contributed by atoms with E-state index in [1.165, 1.54) is 32.1 Å². The number of ether oxygens (including phenoxy) is 1. The van der Waals surface area contributed by atoms with Gasteiger partial charge in [0.25, 0.3) is 0 Å². The zero-order valence-corrected chi connectivity index (χ0v) is 12.2. The average molecular weight is 280 g/mol. The molecule has 2 aromatic rings. The molecule has 0 radical (unpaired) electrons. The van der Waals surface area contributed by atoms with Gasteiger partial charge >= 0.3 is 0 Å². The third kappa shape index (κ3) is 2.15. The molecule has 1 unspecified atom stereocenters.